The molecule has 2 N–H and O–H groups in total. The van der Waals surface area contributed by atoms with Crippen molar-refractivity contribution in [2.24, 2.45) is 0 Å². The molecular weight excluding hydrogens is 380 g/mol. The number of aryl methyl sites for hydroxylation is 1. The van der Waals surface area contributed by atoms with Gasteiger partial charge in [-0.2, -0.15) is 0 Å². The first-order chi connectivity index (χ1) is 13.5. The van der Waals surface area contributed by atoms with E-state index in [-0.39, 0.29) is 17.6 Å². The molecule has 4 rings (SSSR count). The van der Waals surface area contributed by atoms with E-state index >= 15 is 0 Å². The van der Waals surface area contributed by atoms with Gasteiger partial charge in [-0.3, -0.25) is 14.7 Å². The summed E-state index contributed by atoms with van der Waals surface area (Å²) >= 11 is 5.93. The Morgan fingerprint density at radius 3 is 2.89 bits per heavy atom. The smallest absolute Gasteiger partial charge is 0.276 e. The maximum atomic E-state index is 12.9. The predicted molar refractivity (Wildman–Crippen MR) is 106 cm³/mol. The first-order valence-electron chi connectivity index (χ1n) is 9.27. The van der Waals surface area contributed by atoms with Crippen LogP contribution in [0.15, 0.2) is 35.3 Å². The number of hydrogen-bond donors (Lipinski definition) is 2. The van der Waals surface area contributed by atoms with E-state index in [4.69, 9.17) is 16.3 Å². The minimum absolute atomic E-state index is 0.0533. The van der Waals surface area contributed by atoms with Crippen molar-refractivity contribution in [1.29, 1.82) is 0 Å². The van der Waals surface area contributed by atoms with Gasteiger partial charge in [-0.15, -0.1) is 0 Å². The summed E-state index contributed by atoms with van der Waals surface area (Å²) in [5, 5.41) is 6.37. The number of carbonyl (C=O) groups excluding carboxylic acids is 1. The Labute approximate surface area is 166 Å². The van der Waals surface area contributed by atoms with E-state index in [0.717, 1.165) is 25.0 Å². The normalized spacial score (nSPS) is 16.6. The quantitative estimate of drug-likeness (QED) is 0.688. The Hall–Kier alpha value is -2.64. The molecule has 1 aromatic carbocycles. The zero-order valence-corrected chi connectivity index (χ0v) is 16.3. The minimum atomic E-state index is -0.272. The highest BCUT2D eigenvalue weighted by Gasteiger charge is 2.20. The van der Waals surface area contributed by atoms with Gasteiger partial charge in [0.1, 0.15) is 5.56 Å². The highest BCUT2D eigenvalue weighted by molar-refractivity contribution is 6.30. The number of hydrogen-bond acceptors (Lipinski definition) is 4. The number of carbonyl (C=O) groups is 1. The van der Waals surface area contributed by atoms with Crippen LogP contribution >= 0.6 is 11.6 Å². The van der Waals surface area contributed by atoms with Crippen LogP contribution in [0.2, 0.25) is 5.02 Å². The maximum Gasteiger partial charge on any atom is 0.276 e. The summed E-state index contributed by atoms with van der Waals surface area (Å²) in [5.74, 6) is -0.272. The molecule has 1 saturated heterocycles. The molecule has 1 amide bonds. The third-order valence-electron chi connectivity index (χ3n) is 5.02. The van der Waals surface area contributed by atoms with Crippen molar-refractivity contribution in [2.45, 2.75) is 32.3 Å². The molecule has 28 heavy (non-hydrogen) atoms. The largest absolute Gasteiger partial charge is 0.376 e. The van der Waals surface area contributed by atoms with Gasteiger partial charge < -0.3 is 10.1 Å². The average molecular weight is 401 g/mol. The van der Waals surface area contributed by atoms with E-state index in [1.54, 1.807) is 19.1 Å². The van der Waals surface area contributed by atoms with Gasteiger partial charge in [-0.1, -0.05) is 23.7 Å². The second kappa shape index (κ2) is 7.77. The van der Waals surface area contributed by atoms with Crippen LogP contribution in [0.4, 0.5) is 0 Å². The number of nitrogens with one attached hydrogen (secondary N) is 2. The zero-order valence-electron chi connectivity index (χ0n) is 15.5. The first-order valence-corrected chi connectivity index (χ1v) is 9.64. The number of benzene rings is 1. The second-order valence-corrected chi connectivity index (χ2v) is 7.41. The summed E-state index contributed by atoms with van der Waals surface area (Å²) in [6.07, 6.45) is 3.97. The summed E-state index contributed by atoms with van der Waals surface area (Å²) in [7, 11) is 0. The number of H-pyrrole nitrogens is 1. The second-order valence-electron chi connectivity index (χ2n) is 6.98. The fraction of sp³-hybridized carbons (Fsp3) is 0.350. The van der Waals surface area contributed by atoms with Crippen molar-refractivity contribution in [1.82, 2.24) is 19.9 Å². The monoisotopic (exact) mass is 400 g/mol. The number of halogens is 1. The number of ether oxygens (including phenoxy) is 1. The Kier molecular flexibility index (Phi) is 5.19. The molecule has 2 aromatic heterocycles. The summed E-state index contributed by atoms with van der Waals surface area (Å²) in [6.45, 7) is 2.97. The third-order valence-corrected chi connectivity index (χ3v) is 5.27. The Morgan fingerprint density at radius 2 is 2.18 bits per heavy atom. The molecule has 1 aliphatic heterocycles. The van der Waals surface area contributed by atoms with Gasteiger partial charge in [-0.25, -0.2) is 9.50 Å². The van der Waals surface area contributed by atoms with Gasteiger partial charge >= 0.3 is 0 Å². The SMILES string of the molecule is Cc1nc2c(C(=O)NC[C@H]3CCCO3)c[nH]n2c(=O)c1Cc1ccc(Cl)cc1. The van der Waals surface area contributed by atoms with E-state index in [2.05, 4.69) is 15.4 Å². The molecule has 8 heteroatoms. The topological polar surface area (TPSA) is 88.5 Å². The standard InChI is InChI=1S/C20H21ClN4O3/c1-12-16(9-13-4-6-14(21)7-5-13)20(27)25-18(24-12)17(11-23-25)19(26)22-10-15-3-2-8-28-15/h4-7,11,15,23H,2-3,8-10H2,1H3,(H,22,26)/t15-/m1/s1. The van der Waals surface area contributed by atoms with Crippen LogP contribution in [-0.2, 0) is 11.2 Å². The molecule has 1 atom stereocenters. The molecule has 7 nitrogen and oxygen atoms in total. The van der Waals surface area contributed by atoms with Gasteiger partial charge in [0.2, 0.25) is 0 Å². The van der Waals surface area contributed by atoms with Crippen molar-refractivity contribution in [3.63, 3.8) is 0 Å². The molecule has 0 radical (unpaired) electrons. The van der Waals surface area contributed by atoms with Gasteiger partial charge in [0.25, 0.3) is 11.5 Å². The van der Waals surface area contributed by atoms with Crippen LogP contribution in [-0.4, -0.2) is 39.8 Å². The van der Waals surface area contributed by atoms with E-state index in [0.29, 0.717) is 40.5 Å². The van der Waals surface area contributed by atoms with E-state index < -0.39 is 0 Å². The molecule has 0 spiro atoms. The molecule has 3 aromatic rings. The summed E-state index contributed by atoms with van der Waals surface area (Å²) < 4.78 is 6.84. The number of rotatable bonds is 5. The van der Waals surface area contributed by atoms with Crippen LogP contribution in [0, 0.1) is 6.92 Å². The number of amides is 1. The molecule has 1 aliphatic rings. The van der Waals surface area contributed by atoms with Crippen LogP contribution < -0.4 is 10.9 Å². The lowest BCUT2D eigenvalue weighted by atomic mass is 10.1. The van der Waals surface area contributed by atoms with Gasteiger partial charge in [0.05, 0.1) is 6.10 Å². The predicted octanol–water partition coefficient (Wildman–Crippen LogP) is 2.48. The summed E-state index contributed by atoms with van der Waals surface area (Å²) in [6, 6.07) is 7.35. The molecular formula is C20H21ClN4O3. The molecule has 146 valence electrons. The summed E-state index contributed by atoms with van der Waals surface area (Å²) in [5.41, 5.74) is 2.60. The molecule has 0 aliphatic carbocycles. The highest BCUT2D eigenvalue weighted by atomic mass is 35.5. The lowest BCUT2D eigenvalue weighted by molar-refractivity contribution is 0.0859. The van der Waals surface area contributed by atoms with Crippen molar-refractivity contribution >= 4 is 23.2 Å². The molecule has 1 fully saturated rings. The third kappa shape index (κ3) is 3.68. The van der Waals surface area contributed by atoms with Crippen molar-refractivity contribution in [2.75, 3.05) is 13.2 Å². The fourth-order valence-electron chi connectivity index (χ4n) is 3.44. The Morgan fingerprint density at radius 1 is 1.39 bits per heavy atom. The average Bonchev–Trinajstić information content (AvgIpc) is 3.34. The van der Waals surface area contributed by atoms with Crippen molar-refractivity contribution in [3.05, 3.63) is 68.2 Å². The molecule has 0 saturated carbocycles. The van der Waals surface area contributed by atoms with Crippen molar-refractivity contribution < 1.29 is 9.53 Å². The van der Waals surface area contributed by atoms with Crippen molar-refractivity contribution in [3.8, 4) is 0 Å². The maximum absolute atomic E-state index is 12.9. The Balaban J connectivity index is 1.60. The first kappa shape index (κ1) is 18.7. The van der Waals surface area contributed by atoms with Crippen LogP contribution in [0.25, 0.3) is 5.65 Å². The number of aromatic nitrogens is 3. The molecule has 3 heterocycles. The van der Waals surface area contributed by atoms with Crippen LogP contribution in [0.5, 0.6) is 0 Å². The minimum Gasteiger partial charge on any atom is -0.376 e. The van der Waals surface area contributed by atoms with Crippen LogP contribution in [0.1, 0.15) is 40.0 Å². The highest BCUT2D eigenvalue weighted by Crippen LogP contribution is 2.16. The van der Waals surface area contributed by atoms with Crippen LogP contribution in [0.3, 0.4) is 0 Å². The zero-order chi connectivity index (χ0) is 19.7. The van der Waals surface area contributed by atoms with Gasteiger partial charge in [0, 0.05) is 42.0 Å². The lowest BCUT2D eigenvalue weighted by Crippen LogP contribution is -2.32. The van der Waals surface area contributed by atoms with Gasteiger partial charge in [-0.05, 0) is 37.5 Å². The molecule has 0 unspecified atom stereocenters. The Bertz CT molecular complexity index is 1070. The molecule has 0 bridgehead atoms. The van der Waals surface area contributed by atoms with E-state index in [1.807, 2.05) is 12.1 Å². The number of aromatic amines is 1. The van der Waals surface area contributed by atoms with E-state index in [1.165, 1.54) is 10.7 Å². The lowest BCUT2D eigenvalue weighted by Gasteiger charge is -2.10. The van der Waals surface area contributed by atoms with E-state index in [9.17, 15) is 9.59 Å². The van der Waals surface area contributed by atoms with Gasteiger partial charge in [0.15, 0.2) is 5.65 Å². The summed E-state index contributed by atoms with van der Waals surface area (Å²) in [4.78, 5) is 30.0. The number of nitrogens with zero attached hydrogens (tertiary/aromatic N) is 2. The number of fused-ring (bicyclic) bond motifs is 1. The fourth-order valence-corrected chi connectivity index (χ4v) is 3.57.